The molecule has 0 fully saturated rings. The smallest absolute Gasteiger partial charge is 0.228 e. The summed E-state index contributed by atoms with van der Waals surface area (Å²) in [6.45, 7) is 29.0. The zero-order valence-electron chi connectivity index (χ0n) is 26.3. The first-order chi connectivity index (χ1) is 16.1. The molecule has 0 amide bonds. The van der Waals surface area contributed by atoms with Crippen molar-refractivity contribution in [1.29, 1.82) is 0 Å². The molecule has 0 aliphatic rings. The molecule has 36 heavy (non-hydrogen) atoms. The highest BCUT2D eigenvalue weighted by Gasteiger charge is 2.31. The molecule has 0 saturated carbocycles. The summed E-state index contributed by atoms with van der Waals surface area (Å²) < 4.78 is 0. The number of hydrogen-bond acceptors (Lipinski definition) is 8. The molecule has 0 aromatic heterocycles. The summed E-state index contributed by atoms with van der Waals surface area (Å²) in [4.78, 5) is 42.5. The lowest BCUT2D eigenvalue weighted by molar-refractivity contribution is -0.536. The molecule has 8 nitrogen and oxygen atoms in total. The summed E-state index contributed by atoms with van der Waals surface area (Å²) in [5, 5.41) is 0. The van der Waals surface area contributed by atoms with Gasteiger partial charge in [-0.1, -0.05) is 39.5 Å². The van der Waals surface area contributed by atoms with Crippen molar-refractivity contribution in [2.24, 2.45) is 0 Å². The molecular formula is C28H60O8. The Balaban J connectivity index is 0. The zero-order chi connectivity index (χ0) is 28.7. The van der Waals surface area contributed by atoms with Crippen molar-refractivity contribution in [3.8, 4) is 0 Å². The largest absolute Gasteiger partial charge is 0.231 e. The van der Waals surface area contributed by atoms with Crippen LogP contribution in [0, 0.1) is 0 Å². The fraction of sp³-hybridized carbons (Fsp3) is 1.00. The molecule has 0 radical (unpaired) electrons. The predicted octanol–water partition coefficient (Wildman–Crippen LogP) is 8.77. The number of unbranched alkanes of at least 4 members (excludes halogenated alkanes) is 4. The molecule has 0 bridgehead atoms. The average molecular weight is 525 g/mol. The lowest BCUT2D eigenvalue weighted by Gasteiger charge is -2.31. The van der Waals surface area contributed by atoms with Gasteiger partial charge in [0.15, 0.2) is 0 Å². The SMILES string of the molecule is CCC(C)(OOC(C)(C)C)OOC(C)(C)C.CCCCCCCC(OOC(C)(C)C)OOC(C)(C)C. The van der Waals surface area contributed by atoms with Crippen LogP contribution in [0.5, 0.6) is 0 Å². The monoisotopic (exact) mass is 524 g/mol. The van der Waals surface area contributed by atoms with Crippen molar-refractivity contribution in [1.82, 2.24) is 0 Å². The van der Waals surface area contributed by atoms with E-state index in [9.17, 15) is 0 Å². The molecule has 0 saturated heterocycles. The van der Waals surface area contributed by atoms with E-state index in [4.69, 9.17) is 39.1 Å². The molecule has 0 aliphatic heterocycles. The van der Waals surface area contributed by atoms with E-state index in [1.54, 1.807) is 6.92 Å². The molecule has 0 N–H and O–H groups in total. The normalized spacial score (nSPS) is 13.7. The van der Waals surface area contributed by atoms with E-state index in [0.717, 1.165) is 12.8 Å². The first-order valence-electron chi connectivity index (χ1n) is 13.5. The maximum atomic E-state index is 5.36. The first kappa shape index (κ1) is 37.8. The third-order valence-corrected chi connectivity index (χ3v) is 3.93. The van der Waals surface area contributed by atoms with Crippen molar-refractivity contribution < 1.29 is 39.1 Å². The van der Waals surface area contributed by atoms with Crippen molar-refractivity contribution in [3.63, 3.8) is 0 Å². The Hall–Kier alpha value is -0.320. The molecule has 8 heteroatoms. The van der Waals surface area contributed by atoms with Crippen LogP contribution >= 0.6 is 0 Å². The minimum absolute atomic E-state index is 0.356. The van der Waals surface area contributed by atoms with E-state index in [-0.39, 0.29) is 22.4 Å². The molecular weight excluding hydrogens is 464 g/mol. The van der Waals surface area contributed by atoms with E-state index in [1.165, 1.54) is 25.7 Å². The van der Waals surface area contributed by atoms with Crippen LogP contribution < -0.4 is 0 Å². The van der Waals surface area contributed by atoms with Gasteiger partial charge in [-0.2, -0.15) is 9.78 Å². The second-order valence-electron chi connectivity index (χ2n) is 13.3. The molecule has 0 heterocycles. The lowest BCUT2D eigenvalue weighted by atomic mass is 10.1. The molecule has 0 atom stereocenters. The van der Waals surface area contributed by atoms with Gasteiger partial charge in [0.05, 0.1) is 22.4 Å². The minimum Gasteiger partial charge on any atom is -0.228 e. The molecule has 0 aromatic rings. The van der Waals surface area contributed by atoms with Gasteiger partial charge in [0.25, 0.3) is 0 Å². The Bertz CT molecular complexity index is 488. The van der Waals surface area contributed by atoms with Gasteiger partial charge in [-0.25, -0.2) is 29.3 Å². The van der Waals surface area contributed by atoms with E-state index in [0.29, 0.717) is 6.42 Å². The van der Waals surface area contributed by atoms with Crippen LogP contribution in [0.3, 0.4) is 0 Å². The van der Waals surface area contributed by atoms with Crippen LogP contribution in [-0.4, -0.2) is 34.5 Å². The zero-order valence-corrected chi connectivity index (χ0v) is 26.3. The van der Waals surface area contributed by atoms with Gasteiger partial charge < -0.3 is 0 Å². The van der Waals surface area contributed by atoms with Gasteiger partial charge in [0.1, 0.15) is 0 Å². The predicted molar refractivity (Wildman–Crippen MR) is 144 cm³/mol. The van der Waals surface area contributed by atoms with Crippen molar-refractivity contribution in [3.05, 3.63) is 0 Å². The quantitative estimate of drug-likeness (QED) is 0.0910. The van der Waals surface area contributed by atoms with Crippen LogP contribution in [0.4, 0.5) is 0 Å². The van der Waals surface area contributed by atoms with Gasteiger partial charge >= 0.3 is 0 Å². The van der Waals surface area contributed by atoms with Gasteiger partial charge in [-0.3, -0.25) is 0 Å². The number of rotatable bonds is 15. The second kappa shape index (κ2) is 17.3. The maximum absolute atomic E-state index is 5.36. The third-order valence-electron chi connectivity index (χ3n) is 3.93. The highest BCUT2D eigenvalue weighted by molar-refractivity contribution is 4.61. The summed E-state index contributed by atoms with van der Waals surface area (Å²) in [6.07, 6.45) is 6.93. The van der Waals surface area contributed by atoms with Gasteiger partial charge in [-0.05, 0) is 96.4 Å². The van der Waals surface area contributed by atoms with Crippen LogP contribution in [0.1, 0.15) is 149 Å². The van der Waals surface area contributed by atoms with Crippen LogP contribution in [0.15, 0.2) is 0 Å². The van der Waals surface area contributed by atoms with Crippen molar-refractivity contribution in [2.75, 3.05) is 0 Å². The van der Waals surface area contributed by atoms with Gasteiger partial charge in [-0.15, -0.1) is 0 Å². The minimum atomic E-state index is -0.888. The van der Waals surface area contributed by atoms with Gasteiger partial charge in [0, 0.05) is 12.8 Å². The van der Waals surface area contributed by atoms with E-state index in [2.05, 4.69) is 6.92 Å². The highest BCUT2D eigenvalue weighted by Crippen LogP contribution is 2.24. The Morgan fingerprint density at radius 3 is 1.11 bits per heavy atom. The highest BCUT2D eigenvalue weighted by atomic mass is 17.3. The average Bonchev–Trinajstić information content (AvgIpc) is 2.70. The lowest BCUT2D eigenvalue weighted by Crippen LogP contribution is -2.38. The second-order valence-corrected chi connectivity index (χ2v) is 13.3. The third kappa shape index (κ3) is 28.3. The van der Waals surface area contributed by atoms with Crippen LogP contribution in [-0.2, 0) is 39.1 Å². The molecule has 0 spiro atoms. The molecule has 0 aromatic carbocycles. The molecule has 0 aliphatic carbocycles. The van der Waals surface area contributed by atoms with Gasteiger partial charge in [0.2, 0.25) is 12.1 Å². The molecule has 0 rings (SSSR count). The Morgan fingerprint density at radius 1 is 0.444 bits per heavy atom. The Morgan fingerprint density at radius 2 is 0.806 bits per heavy atom. The van der Waals surface area contributed by atoms with E-state index >= 15 is 0 Å². The first-order valence-corrected chi connectivity index (χ1v) is 13.5. The summed E-state index contributed by atoms with van der Waals surface area (Å²) in [6, 6.07) is 0. The summed E-state index contributed by atoms with van der Waals surface area (Å²) in [7, 11) is 0. The number of hydrogen-bond donors (Lipinski definition) is 0. The maximum Gasteiger partial charge on any atom is 0.231 e. The van der Waals surface area contributed by atoms with Crippen LogP contribution in [0.25, 0.3) is 0 Å². The topological polar surface area (TPSA) is 73.8 Å². The summed E-state index contributed by atoms with van der Waals surface area (Å²) >= 11 is 0. The van der Waals surface area contributed by atoms with E-state index in [1.807, 2.05) is 90.0 Å². The molecule has 0 unspecified atom stereocenters. The van der Waals surface area contributed by atoms with Crippen LogP contribution in [0.2, 0.25) is 0 Å². The standard InChI is InChI=1S/C16H34O4.C12H26O4/c1-8-9-10-11-12-13-14(17-19-15(2,3)4)18-20-16(5,6)7;1-9-12(8,15-13-10(2,3)4)16-14-11(5,6)7/h14H,8-13H2,1-7H3;9H2,1-8H3. The van der Waals surface area contributed by atoms with Crippen molar-refractivity contribution >= 4 is 0 Å². The van der Waals surface area contributed by atoms with E-state index < -0.39 is 12.1 Å². The Labute approximate surface area is 222 Å². The summed E-state index contributed by atoms with van der Waals surface area (Å²) in [5.74, 6) is -0.888. The Kier molecular flexibility index (Phi) is 18.2. The fourth-order valence-corrected chi connectivity index (χ4v) is 1.98. The molecule has 220 valence electrons. The fourth-order valence-electron chi connectivity index (χ4n) is 1.98. The van der Waals surface area contributed by atoms with Crippen molar-refractivity contribution in [2.45, 2.75) is 183 Å². The summed E-state index contributed by atoms with van der Waals surface area (Å²) in [5.41, 5.74) is -1.46.